The normalized spacial score (nSPS) is 11.1. The molecule has 0 unspecified atom stereocenters. The molecule has 0 saturated heterocycles. The van der Waals surface area contributed by atoms with Gasteiger partial charge in [-0.25, -0.2) is 4.98 Å². The van der Waals surface area contributed by atoms with Crippen LogP contribution in [0.4, 0.5) is 0 Å². The van der Waals surface area contributed by atoms with E-state index in [1.807, 2.05) is 31.2 Å². The Morgan fingerprint density at radius 3 is 3.00 bits per heavy atom. The highest BCUT2D eigenvalue weighted by Gasteiger charge is 2.12. The second-order valence-corrected chi connectivity index (χ2v) is 4.62. The lowest BCUT2D eigenvalue weighted by Crippen LogP contribution is -1.79. The van der Waals surface area contributed by atoms with E-state index >= 15 is 0 Å². The zero-order chi connectivity index (χ0) is 11.7. The van der Waals surface area contributed by atoms with Gasteiger partial charge in [-0.05, 0) is 17.9 Å². The summed E-state index contributed by atoms with van der Waals surface area (Å²) in [6, 6.07) is 7.80. The fourth-order valence-corrected chi connectivity index (χ4v) is 2.02. The van der Waals surface area contributed by atoms with Crippen LogP contribution in [0.25, 0.3) is 22.7 Å². The summed E-state index contributed by atoms with van der Waals surface area (Å²) in [7, 11) is 0. The molecule has 1 aromatic carbocycles. The number of nitrogens with one attached hydrogen (secondary N) is 1. The first kappa shape index (κ1) is 10.3. The predicted octanol–water partition coefficient (Wildman–Crippen LogP) is 2.72. The Bertz CT molecular complexity index is 613. The highest BCUT2D eigenvalue weighted by Crippen LogP contribution is 2.22. The summed E-state index contributed by atoms with van der Waals surface area (Å²) in [5.74, 6) is 1.95. The van der Waals surface area contributed by atoms with Crippen LogP contribution in [-0.2, 0) is 0 Å². The highest BCUT2D eigenvalue weighted by molar-refractivity contribution is 7.99. The zero-order valence-corrected chi connectivity index (χ0v) is 9.99. The number of hydrogen-bond acceptors (Lipinski definition) is 5. The van der Waals surface area contributed by atoms with Crippen molar-refractivity contribution < 1.29 is 4.42 Å². The lowest BCUT2D eigenvalue weighted by atomic mass is 10.3. The number of H-pyrrole nitrogens is 1. The van der Waals surface area contributed by atoms with Gasteiger partial charge in [-0.1, -0.05) is 30.8 Å². The summed E-state index contributed by atoms with van der Waals surface area (Å²) >= 11 is 1.52. The van der Waals surface area contributed by atoms with E-state index in [0.717, 1.165) is 16.8 Å². The lowest BCUT2D eigenvalue weighted by molar-refractivity contribution is 0.463. The minimum atomic E-state index is 0.428. The monoisotopic (exact) mass is 246 g/mol. The third-order valence-corrected chi connectivity index (χ3v) is 2.97. The van der Waals surface area contributed by atoms with Gasteiger partial charge in [0.1, 0.15) is 0 Å². The van der Waals surface area contributed by atoms with E-state index in [4.69, 9.17) is 4.42 Å². The smallest absolute Gasteiger partial charge is 0.284 e. The van der Waals surface area contributed by atoms with Crippen LogP contribution in [0.1, 0.15) is 6.92 Å². The van der Waals surface area contributed by atoms with Gasteiger partial charge in [0.15, 0.2) is 5.82 Å². The number of fused-ring (bicyclic) bond motifs is 1. The van der Waals surface area contributed by atoms with E-state index < -0.39 is 0 Å². The van der Waals surface area contributed by atoms with Crippen molar-refractivity contribution >= 4 is 22.8 Å². The highest BCUT2D eigenvalue weighted by atomic mass is 32.2. The van der Waals surface area contributed by atoms with E-state index in [-0.39, 0.29) is 0 Å². The van der Waals surface area contributed by atoms with Gasteiger partial charge in [-0.2, -0.15) is 0 Å². The third kappa shape index (κ3) is 1.91. The van der Waals surface area contributed by atoms with Gasteiger partial charge in [-0.15, -0.1) is 10.2 Å². The quantitative estimate of drug-likeness (QED) is 0.720. The maximum Gasteiger partial charge on any atom is 0.284 e. The molecular weight excluding hydrogens is 236 g/mol. The van der Waals surface area contributed by atoms with Crippen LogP contribution < -0.4 is 0 Å². The van der Waals surface area contributed by atoms with Gasteiger partial charge in [0.25, 0.3) is 11.1 Å². The number of thioether (sulfide) groups is 1. The number of para-hydroxylation sites is 2. The second kappa shape index (κ2) is 4.21. The van der Waals surface area contributed by atoms with Crippen molar-refractivity contribution in [3.05, 3.63) is 24.3 Å². The number of hydrogen-bond donors (Lipinski definition) is 1. The molecule has 17 heavy (non-hydrogen) atoms. The molecule has 0 aliphatic rings. The molecule has 5 nitrogen and oxygen atoms in total. The molecule has 0 spiro atoms. The maximum atomic E-state index is 5.49. The molecule has 3 aromatic rings. The van der Waals surface area contributed by atoms with E-state index in [1.54, 1.807) is 0 Å². The summed E-state index contributed by atoms with van der Waals surface area (Å²) < 4.78 is 5.49. The Kier molecular flexibility index (Phi) is 2.56. The first-order valence-corrected chi connectivity index (χ1v) is 6.27. The predicted molar refractivity (Wildman–Crippen MR) is 65.8 cm³/mol. The SMILES string of the molecule is CCSc1nnc(-c2nc3ccccc3[nH]2)o1. The van der Waals surface area contributed by atoms with Crippen molar-refractivity contribution in [1.29, 1.82) is 0 Å². The number of aromatic amines is 1. The summed E-state index contributed by atoms with van der Waals surface area (Å²) in [6.45, 7) is 2.04. The molecule has 0 atom stereocenters. The van der Waals surface area contributed by atoms with Crippen LogP contribution in [0, 0.1) is 0 Å². The van der Waals surface area contributed by atoms with Gasteiger partial charge in [0, 0.05) is 0 Å². The molecule has 0 radical (unpaired) electrons. The Morgan fingerprint density at radius 2 is 2.18 bits per heavy atom. The van der Waals surface area contributed by atoms with E-state index in [1.165, 1.54) is 11.8 Å². The van der Waals surface area contributed by atoms with Crippen molar-refractivity contribution in [2.45, 2.75) is 12.1 Å². The Morgan fingerprint density at radius 1 is 1.29 bits per heavy atom. The van der Waals surface area contributed by atoms with Crippen molar-refractivity contribution in [1.82, 2.24) is 20.2 Å². The van der Waals surface area contributed by atoms with Gasteiger partial charge in [0.05, 0.1) is 11.0 Å². The summed E-state index contributed by atoms with van der Waals surface area (Å²) in [5.41, 5.74) is 1.86. The van der Waals surface area contributed by atoms with Crippen molar-refractivity contribution in [2.24, 2.45) is 0 Å². The lowest BCUT2D eigenvalue weighted by Gasteiger charge is -1.86. The molecule has 3 rings (SSSR count). The van der Waals surface area contributed by atoms with Gasteiger partial charge < -0.3 is 9.40 Å². The molecule has 1 N–H and O–H groups in total. The topological polar surface area (TPSA) is 67.6 Å². The fourth-order valence-electron chi connectivity index (χ4n) is 1.54. The number of rotatable bonds is 3. The molecule has 0 aliphatic heterocycles. The molecular formula is C11H10N4OS. The first-order chi connectivity index (χ1) is 8.36. The van der Waals surface area contributed by atoms with Crippen LogP contribution in [0.2, 0.25) is 0 Å². The first-order valence-electron chi connectivity index (χ1n) is 5.28. The average molecular weight is 246 g/mol. The van der Waals surface area contributed by atoms with Crippen LogP contribution >= 0.6 is 11.8 Å². The average Bonchev–Trinajstić information content (AvgIpc) is 2.94. The molecule has 0 saturated carbocycles. The molecule has 0 amide bonds. The maximum absolute atomic E-state index is 5.49. The molecule has 2 heterocycles. The number of imidazole rings is 1. The van der Waals surface area contributed by atoms with E-state index in [2.05, 4.69) is 20.2 Å². The summed E-state index contributed by atoms with van der Waals surface area (Å²) in [6.07, 6.45) is 0. The van der Waals surface area contributed by atoms with Crippen LogP contribution in [0.5, 0.6) is 0 Å². The molecule has 0 fully saturated rings. The van der Waals surface area contributed by atoms with Crippen LogP contribution in [0.15, 0.2) is 33.9 Å². The van der Waals surface area contributed by atoms with Crippen LogP contribution in [0.3, 0.4) is 0 Å². The number of aromatic nitrogens is 4. The Labute approximate surface area is 102 Å². The van der Waals surface area contributed by atoms with Crippen LogP contribution in [-0.4, -0.2) is 25.9 Å². The molecule has 86 valence electrons. The number of nitrogens with zero attached hydrogens (tertiary/aromatic N) is 3. The minimum Gasteiger partial charge on any atom is -0.408 e. The van der Waals surface area contributed by atoms with Gasteiger partial charge in [-0.3, -0.25) is 0 Å². The fraction of sp³-hybridized carbons (Fsp3) is 0.182. The zero-order valence-electron chi connectivity index (χ0n) is 9.17. The van der Waals surface area contributed by atoms with Crippen molar-refractivity contribution in [2.75, 3.05) is 5.75 Å². The molecule has 2 aromatic heterocycles. The van der Waals surface area contributed by atoms with E-state index in [0.29, 0.717) is 16.9 Å². The molecule has 0 bridgehead atoms. The molecule has 0 aliphatic carbocycles. The Balaban J connectivity index is 2.01. The van der Waals surface area contributed by atoms with Crippen molar-refractivity contribution in [3.8, 4) is 11.7 Å². The third-order valence-electron chi connectivity index (χ3n) is 2.27. The largest absolute Gasteiger partial charge is 0.408 e. The Hall–Kier alpha value is -1.82. The molecule has 6 heteroatoms. The summed E-state index contributed by atoms with van der Waals surface area (Å²) in [5, 5.41) is 8.48. The van der Waals surface area contributed by atoms with Gasteiger partial charge in [0.2, 0.25) is 0 Å². The standard InChI is InChI=1S/C11H10N4OS/c1-2-17-11-15-14-10(16-11)9-12-7-5-3-4-6-8(7)13-9/h3-6H,2H2,1H3,(H,12,13). The summed E-state index contributed by atoms with van der Waals surface area (Å²) in [4.78, 5) is 7.55. The van der Waals surface area contributed by atoms with Crippen molar-refractivity contribution in [3.63, 3.8) is 0 Å². The minimum absolute atomic E-state index is 0.428. The number of benzene rings is 1. The second-order valence-electron chi connectivity index (χ2n) is 3.41. The van der Waals surface area contributed by atoms with Gasteiger partial charge >= 0.3 is 0 Å². The van der Waals surface area contributed by atoms with E-state index in [9.17, 15) is 0 Å².